The third kappa shape index (κ3) is 70.3. The van der Waals surface area contributed by atoms with Crippen molar-refractivity contribution in [3.05, 3.63) is 0 Å². The second kappa shape index (κ2) is 69.2. The fourth-order valence-corrected chi connectivity index (χ4v) is 13.3. The van der Waals surface area contributed by atoms with Gasteiger partial charge < -0.3 is 33.8 Å². The van der Waals surface area contributed by atoms with E-state index in [0.717, 1.165) is 102 Å². The number of aliphatic hydroxyl groups is 1. The van der Waals surface area contributed by atoms with E-state index in [0.29, 0.717) is 25.7 Å². The topological polar surface area (TPSA) is 237 Å². The molecule has 0 aromatic carbocycles. The van der Waals surface area contributed by atoms with Gasteiger partial charge in [0.15, 0.2) is 12.2 Å². The summed E-state index contributed by atoms with van der Waals surface area (Å²) >= 11 is 0. The monoisotopic (exact) mass is 1400 g/mol. The van der Waals surface area contributed by atoms with Gasteiger partial charge in [-0.3, -0.25) is 37.3 Å². The van der Waals surface area contributed by atoms with E-state index in [2.05, 4.69) is 34.6 Å². The first-order valence-electron chi connectivity index (χ1n) is 39.6. The van der Waals surface area contributed by atoms with E-state index in [1.165, 1.54) is 218 Å². The molecule has 0 rings (SSSR count). The first kappa shape index (κ1) is 93.1. The highest BCUT2D eigenvalue weighted by molar-refractivity contribution is 7.47. The van der Waals surface area contributed by atoms with Crippen LogP contribution in [0.3, 0.4) is 0 Å². The van der Waals surface area contributed by atoms with Crippen LogP contribution in [-0.4, -0.2) is 96.7 Å². The summed E-state index contributed by atoms with van der Waals surface area (Å²) in [5.74, 6) is -1.32. The molecule has 0 amide bonds. The SMILES string of the molecule is CCCCCCCCCCCCCCCCCCCCC(=O)O[C@H](COC(=O)CCCCCCCCCCCCCCCC(C)C)COP(=O)(O)OC[C@@H](O)COP(=O)(O)OC[C@@H](COC(=O)CCCCCCCCCC)OC(=O)CCCCCCCCCCCCCCC. The van der Waals surface area contributed by atoms with Crippen LogP contribution >= 0.6 is 15.6 Å². The second-order valence-corrected chi connectivity index (χ2v) is 30.8. The van der Waals surface area contributed by atoms with Crippen molar-refractivity contribution in [2.75, 3.05) is 39.6 Å². The molecule has 0 bridgehead atoms. The fourth-order valence-electron chi connectivity index (χ4n) is 11.7. The Kier molecular flexibility index (Phi) is 67.7. The highest BCUT2D eigenvalue weighted by Gasteiger charge is 2.30. The molecule has 0 fully saturated rings. The van der Waals surface area contributed by atoms with E-state index in [4.69, 9.17) is 37.0 Å². The Balaban J connectivity index is 5.21. The van der Waals surface area contributed by atoms with Gasteiger partial charge in [0, 0.05) is 25.7 Å². The molecule has 3 N–H and O–H groups in total. The van der Waals surface area contributed by atoms with Gasteiger partial charge >= 0.3 is 39.5 Å². The molecule has 0 aliphatic carbocycles. The van der Waals surface area contributed by atoms with Crippen LogP contribution in [0.25, 0.3) is 0 Å². The summed E-state index contributed by atoms with van der Waals surface area (Å²) in [4.78, 5) is 72.7. The van der Waals surface area contributed by atoms with Crippen LogP contribution in [-0.2, 0) is 65.4 Å². The van der Waals surface area contributed by atoms with Crippen LogP contribution in [0.2, 0.25) is 0 Å². The second-order valence-electron chi connectivity index (χ2n) is 27.9. The Morgan fingerprint density at radius 1 is 0.284 bits per heavy atom. The highest BCUT2D eigenvalue weighted by Crippen LogP contribution is 2.45. The average molecular weight is 1400 g/mol. The molecular formula is C76H148O17P2. The van der Waals surface area contributed by atoms with Gasteiger partial charge in [0.25, 0.3) is 0 Å². The van der Waals surface area contributed by atoms with Gasteiger partial charge in [0.05, 0.1) is 26.4 Å². The normalized spacial score (nSPS) is 13.9. The molecule has 0 heterocycles. The van der Waals surface area contributed by atoms with Crippen molar-refractivity contribution in [1.82, 2.24) is 0 Å². The number of carbonyl (C=O) groups excluding carboxylic acids is 4. The van der Waals surface area contributed by atoms with Gasteiger partial charge in [0.2, 0.25) is 0 Å². The lowest BCUT2D eigenvalue weighted by Crippen LogP contribution is -2.30. The number of phosphoric acid groups is 2. The van der Waals surface area contributed by atoms with Gasteiger partial charge in [-0.2, -0.15) is 0 Å². The Hall–Kier alpha value is -1.94. The minimum absolute atomic E-state index is 0.108. The van der Waals surface area contributed by atoms with Crippen LogP contribution < -0.4 is 0 Å². The summed E-state index contributed by atoms with van der Waals surface area (Å²) < 4.78 is 68.5. The molecule has 17 nitrogen and oxygen atoms in total. The summed E-state index contributed by atoms with van der Waals surface area (Å²) in [6.45, 7) is 7.29. The van der Waals surface area contributed by atoms with E-state index in [9.17, 15) is 43.2 Å². The molecule has 0 saturated carbocycles. The quantitative estimate of drug-likeness (QED) is 0.0222. The van der Waals surface area contributed by atoms with Crippen LogP contribution in [0, 0.1) is 5.92 Å². The number of hydrogen-bond acceptors (Lipinski definition) is 15. The molecule has 0 saturated heterocycles. The van der Waals surface area contributed by atoms with E-state index < -0.39 is 97.5 Å². The number of ether oxygens (including phenoxy) is 4. The van der Waals surface area contributed by atoms with Gasteiger partial charge in [-0.25, -0.2) is 9.13 Å². The zero-order chi connectivity index (χ0) is 69.8. The summed E-state index contributed by atoms with van der Waals surface area (Å²) in [7, 11) is -9.91. The molecule has 0 aliphatic rings. The summed E-state index contributed by atoms with van der Waals surface area (Å²) in [6.07, 6.45) is 58.2. The van der Waals surface area contributed by atoms with Crippen LogP contribution in [0.1, 0.15) is 401 Å². The minimum Gasteiger partial charge on any atom is -0.462 e. The molecule has 564 valence electrons. The number of carbonyl (C=O) groups is 4. The molecule has 5 atom stereocenters. The maximum atomic E-state index is 13.1. The average Bonchev–Trinajstić information content (AvgIpc) is 3.34. The van der Waals surface area contributed by atoms with Crippen LogP contribution in [0.15, 0.2) is 0 Å². The molecule has 95 heavy (non-hydrogen) atoms. The number of aliphatic hydroxyl groups excluding tert-OH is 1. The fraction of sp³-hybridized carbons (Fsp3) is 0.947. The van der Waals surface area contributed by atoms with E-state index in [-0.39, 0.29) is 25.7 Å². The van der Waals surface area contributed by atoms with Crippen molar-refractivity contribution in [3.63, 3.8) is 0 Å². The van der Waals surface area contributed by atoms with Gasteiger partial charge in [0.1, 0.15) is 19.3 Å². The lowest BCUT2D eigenvalue weighted by Gasteiger charge is -2.21. The zero-order valence-corrected chi connectivity index (χ0v) is 63.6. The number of rotatable bonds is 76. The maximum absolute atomic E-state index is 13.1. The smallest absolute Gasteiger partial charge is 0.462 e. The Labute approximate surface area is 581 Å². The predicted molar refractivity (Wildman–Crippen MR) is 386 cm³/mol. The zero-order valence-electron chi connectivity index (χ0n) is 61.8. The minimum atomic E-state index is -4.96. The molecule has 0 spiro atoms. The van der Waals surface area contributed by atoms with Crippen LogP contribution in [0.5, 0.6) is 0 Å². The molecule has 0 radical (unpaired) electrons. The third-order valence-electron chi connectivity index (χ3n) is 17.8. The largest absolute Gasteiger partial charge is 0.472 e. The number of phosphoric ester groups is 2. The lowest BCUT2D eigenvalue weighted by molar-refractivity contribution is -0.161. The van der Waals surface area contributed by atoms with Gasteiger partial charge in [-0.15, -0.1) is 0 Å². The van der Waals surface area contributed by atoms with Gasteiger partial charge in [-0.05, 0) is 31.6 Å². The molecule has 19 heteroatoms. The summed E-state index contributed by atoms with van der Waals surface area (Å²) in [5, 5.41) is 10.6. The van der Waals surface area contributed by atoms with Crippen molar-refractivity contribution in [1.29, 1.82) is 0 Å². The first-order chi connectivity index (χ1) is 46.0. The van der Waals surface area contributed by atoms with Gasteiger partial charge in [-0.1, -0.05) is 349 Å². The summed E-state index contributed by atoms with van der Waals surface area (Å²) in [6, 6.07) is 0. The Morgan fingerprint density at radius 3 is 0.716 bits per heavy atom. The third-order valence-corrected chi connectivity index (χ3v) is 19.7. The molecule has 2 unspecified atom stereocenters. The Bertz CT molecular complexity index is 1820. The molecular weight excluding hydrogens is 1250 g/mol. The predicted octanol–water partition coefficient (Wildman–Crippen LogP) is 22.5. The van der Waals surface area contributed by atoms with Crippen molar-refractivity contribution in [3.8, 4) is 0 Å². The molecule has 0 aromatic heterocycles. The molecule has 0 aliphatic heterocycles. The standard InChI is InChI=1S/C76H148O17P2/c1-6-9-12-15-18-21-23-25-26-27-28-29-33-38-42-47-52-57-62-76(81)93-72(66-87-74(79)60-55-50-45-40-36-34-30-32-35-39-43-48-53-58-69(4)5)68-91-95(84,85)89-64-70(77)63-88-94(82,83)90-67-71(65-86-73(78)59-54-49-44-20-17-14-11-8-3)92-75(80)61-56-51-46-41-37-31-24-22-19-16-13-10-7-2/h69-72,77H,6-68H2,1-5H3,(H,82,83)(H,84,85)/t70-,71+,72+/m0/s1. The lowest BCUT2D eigenvalue weighted by atomic mass is 10.0. The van der Waals surface area contributed by atoms with E-state index >= 15 is 0 Å². The highest BCUT2D eigenvalue weighted by atomic mass is 31.2. The molecule has 0 aromatic rings. The first-order valence-corrected chi connectivity index (χ1v) is 42.6. The Morgan fingerprint density at radius 2 is 0.484 bits per heavy atom. The summed E-state index contributed by atoms with van der Waals surface area (Å²) in [5.41, 5.74) is 0. The number of esters is 4. The van der Waals surface area contributed by atoms with Crippen molar-refractivity contribution < 1.29 is 80.2 Å². The van der Waals surface area contributed by atoms with E-state index in [1.54, 1.807) is 0 Å². The van der Waals surface area contributed by atoms with Crippen molar-refractivity contribution >= 4 is 39.5 Å². The van der Waals surface area contributed by atoms with Crippen molar-refractivity contribution in [2.24, 2.45) is 5.92 Å². The van der Waals surface area contributed by atoms with E-state index in [1.807, 2.05) is 0 Å². The maximum Gasteiger partial charge on any atom is 0.472 e. The number of hydrogen-bond donors (Lipinski definition) is 3. The van der Waals surface area contributed by atoms with Crippen molar-refractivity contribution in [2.45, 2.75) is 419 Å². The van der Waals surface area contributed by atoms with Crippen LogP contribution in [0.4, 0.5) is 0 Å². The number of unbranched alkanes of at least 4 members (excludes halogenated alkanes) is 48.